The zero-order valence-corrected chi connectivity index (χ0v) is 10.8. The van der Waals surface area contributed by atoms with Crippen LogP contribution in [0.2, 0.25) is 10.0 Å². The molecule has 1 aromatic heterocycles. The summed E-state index contributed by atoms with van der Waals surface area (Å²) >= 11 is 11.8. The van der Waals surface area contributed by atoms with Crippen LogP contribution in [0.1, 0.15) is 5.69 Å². The molecule has 0 saturated heterocycles. The van der Waals surface area contributed by atoms with E-state index in [1.807, 2.05) is 0 Å². The quantitative estimate of drug-likeness (QED) is 0.832. The summed E-state index contributed by atoms with van der Waals surface area (Å²) in [5.74, 6) is 0. The Hall–Kier alpha value is -1.46. The van der Waals surface area contributed by atoms with Crippen LogP contribution >= 0.6 is 23.2 Å². The molecule has 0 aliphatic carbocycles. The lowest BCUT2D eigenvalue weighted by molar-refractivity contribution is -0.141. The fourth-order valence-corrected chi connectivity index (χ4v) is 1.92. The van der Waals surface area contributed by atoms with Gasteiger partial charge >= 0.3 is 6.18 Å². The summed E-state index contributed by atoms with van der Waals surface area (Å²) in [6.07, 6.45) is -4.55. The third kappa shape index (κ3) is 2.77. The molecule has 0 unspecified atom stereocenters. The fraction of sp³-hybridized carbons (Fsp3) is 0.0833. The second-order valence-corrected chi connectivity index (χ2v) is 4.52. The van der Waals surface area contributed by atoms with Gasteiger partial charge in [0.25, 0.3) is 0 Å². The number of aromatic nitrogens is 1. The highest BCUT2D eigenvalue weighted by Crippen LogP contribution is 2.37. The number of anilines is 1. The molecule has 2 aromatic rings. The summed E-state index contributed by atoms with van der Waals surface area (Å²) in [5, 5.41) is 0.334. The highest BCUT2D eigenvalue weighted by molar-refractivity contribution is 6.43. The average molecular weight is 307 g/mol. The number of hydrogen-bond acceptors (Lipinski definition) is 2. The fourth-order valence-electron chi connectivity index (χ4n) is 1.53. The summed E-state index contributed by atoms with van der Waals surface area (Å²) < 4.78 is 37.9. The largest absolute Gasteiger partial charge is 0.433 e. The van der Waals surface area contributed by atoms with E-state index in [9.17, 15) is 13.2 Å². The van der Waals surface area contributed by atoms with E-state index in [1.54, 1.807) is 6.07 Å². The lowest BCUT2D eigenvalue weighted by Crippen LogP contribution is -2.09. The molecule has 0 atom stereocenters. The molecule has 2 N–H and O–H groups in total. The molecule has 2 rings (SSSR count). The number of hydrogen-bond donors (Lipinski definition) is 1. The summed E-state index contributed by atoms with van der Waals surface area (Å²) in [4.78, 5) is 3.52. The molecule has 0 saturated carbocycles. The molecule has 0 amide bonds. The molecule has 1 heterocycles. The van der Waals surface area contributed by atoms with Crippen LogP contribution < -0.4 is 5.73 Å². The molecule has 0 aliphatic rings. The Morgan fingerprint density at radius 2 is 1.74 bits per heavy atom. The highest BCUT2D eigenvalue weighted by atomic mass is 35.5. The van der Waals surface area contributed by atoms with E-state index < -0.39 is 11.9 Å². The monoisotopic (exact) mass is 306 g/mol. The Kier molecular flexibility index (Phi) is 3.60. The van der Waals surface area contributed by atoms with Crippen LogP contribution in [0.15, 0.2) is 30.3 Å². The van der Waals surface area contributed by atoms with E-state index >= 15 is 0 Å². The van der Waals surface area contributed by atoms with Gasteiger partial charge in [0, 0.05) is 5.56 Å². The number of nitrogen functional groups attached to an aromatic ring is 1. The number of alkyl halides is 3. The summed E-state index contributed by atoms with van der Waals surface area (Å²) in [6, 6.07) is 6.55. The molecule has 7 heteroatoms. The first-order chi connectivity index (χ1) is 8.80. The Bertz CT molecular complexity index is 627. The number of benzene rings is 1. The molecular formula is C12H7Cl2F3N2. The van der Waals surface area contributed by atoms with Crippen molar-refractivity contribution in [3.8, 4) is 11.3 Å². The molecule has 0 radical (unpaired) electrons. The molecule has 2 nitrogen and oxygen atoms in total. The van der Waals surface area contributed by atoms with E-state index in [2.05, 4.69) is 4.98 Å². The molecule has 0 aliphatic heterocycles. The zero-order valence-electron chi connectivity index (χ0n) is 9.30. The molecule has 1 aromatic carbocycles. The number of nitrogens with two attached hydrogens (primary N) is 1. The maximum atomic E-state index is 12.6. The van der Waals surface area contributed by atoms with Gasteiger partial charge in [-0.2, -0.15) is 13.2 Å². The minimum atomic E-state index is -4.55. The Morgan fingerprint density at radius 1 is 1.05 bits per heavy atom. The first-order valence-corrected chi connectivity index (χ1v) is 5.84. The average Bonchev–Trinajstić information content (AvgIpc) is 2.32. The van der Waals surface area contributed by atoms with Crippen molar-refractivity contribution in [2.24, 2.45) is 0 Å². The predicted molar refractivity (Wildman–Crippen MR) is 69.1 cm³/mol. The van der Waals surface area contributed by atoms with Crippen LogP contribution in [0.3, 0.4) is 0 Å². The first kappa shape index (κ1) is 14.0. The summed E-state index contributed by atoms with van der Waals surface area (Å²) in [7, 11) is 0. The van der Waals surface area contributed by atoms with Crippen molar-refractivity contribution in [2.75, 3.05) is 5.73 Å². The topological polar surface area (TPSA) is 38.9 Å². The molecule has 19 heavy (non-hydrogen) atoms. The standard InChI is InChI=1S/C12H7Cl2F3N2/c13-7-3-1-2-6(10(7)14)11-8(18)4-5-9(19-11)12(15,16)17/h1-5H,18H2. The minimum absolute atomic E-state index is 0.0395. The van der Waals surface area contributed by atoms with Gasteiger partial charge in [0.05, 0.1) is 21.4 Å². The molecule has 0 fully saturated rings. The Labute approximate surface area is 117 Å². The third-order valence-corrected chi connectivity index (χ3v) is 3.24. The van der Waals surface area contributed by atoms with Gasteiger partial charge < -0.3 is 5.73 Å². The van der Waals surface area contributed by atoms with Gasteiger partial charge in [0.2, 0.25) is 0 Å². The van der Waals surface area contributed by atoms with Crippen molar-refractivity contribution in [1.29, 1.82) is 0 Å². The maximum Gasteiger partial charge on any atom is 0.433 e. The molecule has 0 bridgehead atoms. The van der Waals surface area contributed by atoms with Crippen LogP contribution in [0.5, 0.6) is 0 Å². The second-order valence-electron chi connectivity index (χ2n) is 3.73. The van der Waals surface area contributed by atoms with Crippen molar-refractivity contribution in [3.05, 3.63) is 46.1 Å². The van der Waals surface area contributed by atoms with E-state index in [1.165, 1.54) is 12.1 Å². The predicted octanol–water partition coefficient (Wildman–Crippen LogP) is 4.66. The zero-order chi connectivity index (χ0) is 14.2. The van der Waals surface area contributed by atoms with Gasteiger partial charge in [-0.15, -0.1) is 0 Å². The number of halogens is 5. The Morgan fingerprint density at radius 3 is 2.37 bits per heavy atom. The smallest absolute Gasteiger partial charge is 0.397 e. The lowest BCUT2D eigenvalue weighted by Gasteiger charge is -2.11. The van der Waals surface area contributed by atoms with Crippen LogP contribution in [0.25, 0.3) is 11.3 Å². The minimum Gasteiger partial charge on any atom is -0.397 e. The lowest BCUT2D eigenvalue weighted by atomic mass is 10.1. The SMILES string of the molecule is Nc1ccc(C(F)(F)F)nc1-c1cccc(Cl)c1Cl. The molecule has 0 spiro atoms. The number of rotatable bonds is 1. The van der Waals surface area contributed by atoms with Gasteiger partial charge in [0.1, 0.15) is 5.69 Å². The number of pyridine rings is 1. The summed E-state index contributed by atoms with van der Waals surface area (Å²) in [5.41, 5.74) is 4.93. The van der Waals surface area contributed by atoms with Crippen LogP contribution in [-0.4, -0.2) is 4.98 Å². The van der Waals surface area contributed by atoms with E-state index in [-0.39, 0.29) is 27.0 Å². The second kappa shape index (κ2) is 4.90. The maximum absolute atomic E-state index is 12.6. The van der Waals surface area contributed by atoms with Crippen molar-refractivity contribution < 1.29 is 13.2 Å². The van der Waals surface area contributed by atoms with Gasteiger partial charge in [-0.05, 0) is 18.2 Å². The Balaban J connectivity index is 2.65. The van der Waals surface area contributed by atoms with E-state index in [0.29, 0.717) is 0 Å². The highest BCUT2D eigenvalue weighted by Gasteiger charge is 2.33. The van der Waals surface area contributed by atoms with Gasteiger partial charge in [-0.3, -0.25) is 0 Å². The van der Waals surface area contributed by atoms with Gasteiger partial charge in [-0.25, -0.2) is 4.98 Å². The third-order valence-electron chi connectivity index (χ3n) is 2.42. The van der Waals surface area contributed by atoms with Crippen LogP contribution in [0, 0.1) is 0 Å². The molecule has 100 valence electrons. The van der Waals surface area contributed by atoms with Gasteiger partial charge in [0.15, 0.2) is 0 Å². The summed E-state index contributed by atoms with van der Waals surface area (Å²) in [6.45, 7) is 0. The van der Waals surface area contributed by atoms with Crippen molar-refractivity contribution in [1.82, 2.24) is 4.98 Å². The van der Waals surface area contributed by atoms with Crippen LogP contribution in [0.4, 0.5) is 18.9 Å². The van der Waals surface area contributed by atoms with Crippen molar-refractivity contribution >= 4 is 28.9 Å². The normalized spacial score (nSPS) is 11.6. The van der Waals surface area contributed by atoms with E-state index in [0.717, 1.165) is 12.1 Å². The van der Waals surface area contributed by atoms with Crippen molar-refractivity contribution in [3.63, 3.8) is 0 Å². The van der Waals surface area contributed by atoms with Gasteiger partial charge in [-0.1, -0.05) is 35.3 Å². The van der Waals surface area contributed by atoms with Crippen LogP contribution in [-0.2, 0) is 6.18 Å². The number of nitrogens with zero attached hydrogens (tertiary/aromatic N) is 1. The van der Waals surface area contributed by atoms with E-state index in [4.69, 9.17) is 28.9 Å². The van der Waals surface area contributed by atoms with Crippen molar-refractivity contribution in [2.45, 2.75) is 6.18 Å². The first-order valence-electron chi connectivity index (χ1n) is 5.09. The molecular weight excluding hydrogens is 300 g/mol.